The van der Waals surface area contributed by atoms with Crippen LogP contribution in [0.1, 0.15) is 27.2 Å². The number of carbonyl (C=O) groups is 1. The largest absolute Gasteiger partial charge is 0.444 e. The van der Waals surface area contributed by atoms with E-state index in [2.05, 4.69) is 5.32 Å². The maximum Gasteiger partial charge on any atom is 0.407 e. The zero-order chi connectivity index (χ0) is 13.7. The van der Waals surface area contributed by atoms with Crippen LogP contribution in [0.25, 0.3) is 0 Å². The summed E-state index contributed by atoms with van der Waals surface area (Å²) in [5.41, 5.74) is -0.541. The fraction of sp³-hybridized carbons (Fsp3) is 0.889. The number of nitrogens with zero attached hydrogens (tertiary/aromatic N) is 1. The second kappa shape index (κ2) is 6.42. The van der Waals surface area contributed by atoms with Crippen LogP contribution in [0.4, 0.5) is 4.79 Å². The number of ether oxygens (including phenoxy) is 1. The Labute approximate surface area is 107 Å². The monoisotopic (exact) mass is 286 g/mol. The number of alkyl carbamates (subject to hydrolysis) is 1. The van der Waals surface area contributed by atoms with Crippen molar-refractivity contribution in [3.8, 4) is 0 Å². The second-order valence-electron chi connectivity index (χ2n) is 4.55. The maximum absolute atomic E-state index is 11.2. The summed E-state index contributed by atoms with van der Waals surface area (Å²) in [7, 11) is 2.80. The van der Waals surface area contributed by atoms with Crippen LogP contribution in [-0.2, 0) is 14.0 Å². The van der Waals surface area contributed by atoms with Crippen molar-refractivity contribution in [3.05, 3.63) is 0 Å². The van der Waals surface area contributed by atoms with Crippen molar-refractivity contribution >= 4 is 26.0 Å². The van der Waals surface area contributed by atoms with E-state index in [4.69, 9.17) is 15.4 Å². The zero-order valence-electron chi connectivity index (χ0n) is 10.5. The first kappa shape index (κ1) is 16.5. The molecule has 0 aliphatic heterocycles. The molecule has 0 aliphatic carbocycles. The van der Waals surface area contributed by atoms with Gasteiger partial charge in [0.1, 0.15) is 5.60 Å². The number of nitrogens with one attached hydrogen (secondary N) is 1. The summed E-state index contributed by atoms with van der Waals surface area (Å²) in [5, 5.41) is 2.52. The van der Waals surface area contributed by atoms with E-state index >= 15 is 0 Å². The summed E-state index contributed by atoms with van der Waals surface area (Å²) in [4.78, 5) is 11.2. The van der Waals surface area contributed by atoms with E-state index in [0.29, 0.717) is 13.0 Å². The molecule has 17 heavy (non-hydrogen) atoms. The molecular formula is C9H19ClN2O4S. The number of amides is 1. The van der Waals surface area contributed by atoms with Crippen LogP contribution in [0.5, 0.6) is 0 Å². The third kappa shape index (κ3) is 9.20. The fourth-order valence-corrected chi connectivity index (χ4v) is 1.47. The highest BCUT2D eigenvalue weighted by atomic mass is 35.7. The van der Waals surface area contributed by atoms with Crippen LogP contribution in [0.3, 0.4) is 0 Å². The van der Waals surface area contributed by atoms with E-state index in [1.54, 1.807) is 20.8 Å². The Morgan fingerprint density at radius 3 is 2.35 bits per heavy atom. The minimum atomic E-state index is -3.67. The first-order chi connectivity index (χ1) is 7.52. The first-order valence-corrected chi connectivity index (χ1v) is 7.42. The predicted octanol–water partition coefficient (Wildman–Crippen LogP) is 1.32. The van der Waals surface area contributed by atoms with E-state index in [0.717, 1.165) is 4.31 Å². The van der Waals surface area contributed by atoms with E-state index in [9.17, 15) is 13.2 Å². The van der Waals surface area contributed by atoms with Crippen molar-refractivity contribution in [1.29, 1.82) is 0 Å². The molecule has 1 N–H and O–H groups in total. The average molecular weight is 287 g/mol. The van der Waals surface area contributed by atoms with E-state index in [-0.39, 0.29) is 6.54 Å². The average Bonchev–Trinajstić information content (AvgIpc) is 2.07. The number of halogens is 1. The molecular weight excluding hydrogens is 268 g/mol. The minimum absolute atomic E-state index is 0.238. The lowest BCUT2D eigenvalue weighted by molar-refractivity contribution is 0.0527. The van der Waals surface area contributed by atoms with Gasteiger partial charge in [0.15, 0.2) is 0 Å². The molecule has 102 valence electrons. The van der Waals surface area contributed by atoms with Crippen molar-refractivity contribution in [2.75, 3.05) is 20.1 Å². The molecule has 0 bridgehead atoms. The maximum atomic E-state index is 11.2. The normalized spacial score (nSPS) is 12.6. The lowest BCUT2D eigenvalue weighted by Gasteiger charge is -2.19. The highest BCUT2D eigenvalue weighted by Crippen LogP contribution is 2.06. The molecule has 0 heterocycles. The quantitative estimate of drug-likeness (QED) is 0.611. The standard InChI is InChI=1S/C9H19ClN2O4S/c1-9(2,3)16-8(13)11-6-5-7-12(4)17(10,14)15/h5-7H2,1-4H3,(H,11,13). The van der Waals surface area contributed by atoms with Gasteiger partial charge in [-0.05, 0) is 27.2 Å². The summed E-state index contributed by atoms with van der Waals surface area (Å²) in [6.07, 6.45) is -0.0595. The minimum Gasteiger partial charge on any atom is -0.444 e. The summed E-state index contributed by atoms with van der Waals surface area (Å²) >= 11 is 0. The second-order valence-corrected chi connectivity index (χ2v) is 7.16. The number of carbonyl (C=O) groups excluding carboxylic acids is 1. The molecule has 6 nitrogen and oxygen atoms in total. The Hall–Kier alpha value is -0.530. The van der Waals surface area contributed by atoms with E-state index in [1.807, 2.05) is 0 Å². The lowest BCUT2D eigenvalue weighted by atomic mass is 10.2. The molecule has 1 amide bonds. The molecule has 0 unspecified atom stereocenters. The molecule has 0 saturated carbocycles. The molecule has 0 aromatic heterocycles. The van der Waals surface area contributed by atoms with Crippen molar-refractivity contribution in [1.82, 2.24) is 9.62 Å². The molecule has 0 saturated heterocycles. The van der Waals surface area contributed by atoms with Gasteiger partial charge in [0, 0.05) is 30.8 Å². The topological polar surface area (TPSA) is 75.7 Å². The zero-order valence-corrected chi connectivity index (χ0v) is 12.1. The van der Waals surface area contributed by atoms with Gasteiger partial charge in [-0.2, -0.15) is 12.7 Å². The third-order valence-electron chi connectivity index (χ3n) is 1.69. The summed E-state index contributed by atoms with van der Waals surface area (Å²) < 4.78 is 27.7. The van der Waals surface area contributed by atoms with Crippen molar-refractivity contribution < 1.29 is 17.9 Å². The predicted molar refractivity (Wildman–Crippen MR) is 66.3 cm³/mol. The van der Waals surface area contributed by atoms with Gasteiger partial charge in [-0.3, -0.25) is 0 Å². The van der Waals surface area contributed by atoms with Crippen LogP contribution < -0.4 is 5.32 Å². The smallest absolute Gasteiger partial charge is 0.407 e. The molecule has 0 aromatic carbocycles. The van der Waals surface area contributed by atoms with Gasteiger partial charge in [-0.1, -0.05) is 0 Å². The van der Waals surface area contributed by atoms with Crippen molar-refractivity contribution in [3.63, 3.8) is 0 Å². The highest BCUT2D eigenvalue weighted by Gasteiger charge is 2.16. The highest BCUT2D eigenvalue weighted by molar-refractivity contribution is 8.11. The van der Waals surface area contributed by atoms with Crippen LogP contribution >= 0.6 is 10.7 Å². The summed E-state index contributed by atoms with van der Waals surface area (Å²) in [5.74, 6) is 0. The van der Waals surface area contributed by atoms with Gasteiger partial charge >= 0.3 is 6.09 Å². The van der Waals surface area contributed by atoms with Crippen LogP contribution in [0.15, 0.2) is 0 Å². The molecule has 8 heteroatoms. The fourth-order valence-electron chi connectivity index (χ4n) is 0.915. The SMILES string of the molecule is CN(CCCNC(=O)OC(C)(C)C)S(=O)(=O)Cl. The molecule has 0 spiro atoms. The molecule has 0 atom stereocenters. The first-order valence-electron chi connectivity index (χ1n) is 5.15. The Balaban J connectivity index is 3.76. The molecule has 0 aromatic rings. The summed E-state index contributed by atoms with van der Waals surface area (Å²) in [6, 6.07) is 0. The molecule has 0 radical (unpaired) electrons. The Morgan fingerprint density at radius 2 is 1.94 bits per heavy atom. The van der Waals surface area contributed by atoms with Crippen LogP contribution in [0.2, 0.25) is 0 Å². The van der Waals surface area contributed by atoms with E-state index < -0.39 is 20.9 Å². The van der Waals surface area contributed by atoms with Gasteiger partial charge in [0.2, 0.25) is 0 Å². The third-order valence-corrected chi connectivity index (χ3v) is 3.32. The Kier molecular flexibility index (Phi) is 6.22. The molecule has 0 rings (SSSR count). The van der Waals surface area contributed by atoms with Gasteiger partial charge < -0.3 is 10.1 Å². The van der Waals surface area contributed by atoms with Crippen LogP contribution in [-0.4, -0.2) is 44.6 Å². The van der Waals surface area contributed by atoms with Crippen molar-refractivity contribution in [2.45, 2.75) is 32.8 Å². The van der Waals surface area contributed by atoms with Crippen molar-refractivity contribution in [2.24, 2.45) is 0 Å². The van der Waals surface area contributed by atoms with Gasteiger partial charge in [0.25, 0.3) is 9.24 Å². The molecule has 0 fully saturated rings. The van der Waals surface area contributed by atoms with Gasteiger partial charge in [-0.25, -0.2) is 4.79 Å². The lowest BCUT2D eigenvalue weighted by Crippen LogP contribution is -2.34. The number of hydrogen-bond donors (Lipinski definition) is 1. The van der Waals surface area contributed by atoms with E-state index in [1.165, 1.54) is 7.05 Å². The Morgan fingerprint density at radius 1 is 1.41 bits per heavy atom. The molecule has 0 aliphatic rings. The summed E-state index contributed by atoms with van der Waals surface area (Å²) in [6.45, 7) is 5.86. The van der Waals surface area contributed by atoms with Gasteiger partial charge in [0.05, 0.1) is 0 Å². The number of rotatable bonds is 5. The van der Waals surface area contributed by atoms with Crippen LogP contribution in [0, 0.1) is 0 Å². The Bertz CT molecular complexity index is 350. The van der Waals surface area contributed by atoms with Gasteiger partial charge in [-0.15, -0.1) is 0 Å². The number of hydrogen-bond acceptors (Lipinski definition) is 4.